The van der Waals surface area contributed by atoms with Crippen molar-refractivity contribution in [3.63, 3.8) is 0 Å². The zero-order valence-corrected chi connectivity index (χ0v) is 24.6. The summed E-state index contributed by atoms with van der Waals surface area (Å²) < 4.78 is 2.29. The lowest BCUT2D eigenvalue weighted by Crippen LogP contribution is -1.99. The molecule has 0 aliphatic rings. The first-order chi connectivity index (χ1) is 22.3. The molecule has 210 valence electrons. The van der Waals surface area contributed by atoms with Crippen LogP contribution in [0.3, 0.4) is 0 Å². The Kier molecular flexibility index (Phi) is 5.85. The summed E-state index contributed by atoms with van der Waals surface area (Å²) in [6.45, 7) is 0. The summed E-state index contributed by atoms with van der Waals surface area (Å²) in [5.41, 5.74) is 9.16. The third-order valence-corrected chi connectivity index (χ3v) is 8.98. The number of nitrogens with zero attached hydrogens (tertiary/aromatic N) is 2. The minimum Gasteiger partial charge on any atom is -0.292 e. The van der Waals surface area contributed by atoms with Crippen LogP contribution in [0.4, 0.5) is 0 Å². The molecule has 0 N–H and O–H groups in total. The average molecular weight is 573 g/mol. The van der Waals surface area contributed by atoms with E-state index in [2.05, 4.69) is 174 Å². The van der Waals surface area contributed by atoms with Gasteiger partial charge >= 0.3 is 0 Å². The SMILES string of the molecule is c1ccc(-n2c(-c3ccccc3-c3c4ccccc4c(-c4ccc5ccccc5c4)c4ccccc34)nc3ccccc32)cc1. The third kappa shape index (κ3) is 4.07. The number of hydrogen-bond acceptors (Lipinski definition) is 1. The van der Waals surface area contributed by atoms with Gasteiger partial charge in [0.1, 0.15) is 5.82 Å². The van der Waals surface area contributed by atoms with Crippen LogP contribution in [0.1, 0.15) is 0 Å². The van der Waals surface area contributed by atoms with Crippen molar-refractivity contribution in [3.8, 4) is 39.3 Å². The number of benzene rings is 8. The zero-order valence-electron chi connectivity index (χ0n) is 24.6. The molecule has 9 aromatic rings. The van der Waals surface area contributed by atoms with Crippen molar-refractivity contribution < 1.29 is 0 Å². The maximum absolute atomic E-state index is 5.26. The van der Waals surface area contributed by atoms with E-state index in [4.69, 9.17) is 4.98 Å². The molecule has 9 rings (SSSR count). The fourth-order valence-electron chi connectivity index (χ4n) is 7.02. The summed E-state index contributed by atoms with van der Waals surface area (Å²) in [5.74, 6) is 0.935. The van der Waals surface area contributed by atoms with Crippen LogP contribution in [-0.4, -0.2) is 9.55 Å². The Balaban J connectivity index is 1.38. The topological polar surface area (TPSA) is 17.8 Å². The Hall–Kier alpha value is -5.99. The molecule has 0 radical (unpaired) electrons. The minimum atomic E-state index is 0.935. The van der Waals surface area contributed by atoms with Crippen LogP contribution in [0.25, 0.3) is 82.7 Å². The molecule has 0 aliphatic heterocycles. The van der Waals surface area contributed by atoms with E-state index in [1.807, 2.05) is 0 Å². The van der Waals surface area contributed by atoms with Gasteiger partial charge in [0.15, 0.2) is 0 Å². The zero-order chi connectivity index (χ0) is 29.7. The Labute approximate surface area is 261 Å². The van der Waals surface area contributed by atoms with E-state index in [1.165, 1.54) is 54.6 Å². The number of hydrogen-bond donors (Lipinski definition) is 0. The Bertz CT molecular complexity index is 2480. The van der Waals surface area contributed by atoms with Gasteiger partial charge in [0.25, 0.3) is 0 Å². The highest BCUT2D eigenvalue weighted by molar-refractivity contribution is 6.22. The Morgan fingerprint density at radius 2 is 0.956 bits per heavy atom. The van der Waals surface area contributed by atoms with Crippen LogP contribution in [0.15, 0.2) is 170 Å². The molecule has 0 unspecified atom stereocenters. The van der Waals surface area contributed by atoms with Crippen LogP contribution in [0.2, 0.25) is 0 Å². The molecular weight excluding hydrogens is 544 g/mol. The lowest BCUT2D eigenvalue weighted by molar-refractivity contribution is 1.10. The third-order valence-electron chi connectivity index (χ3n) is 8.98. The highest BCUT2D eigenvalue weighted by atomic mass is 15.1. The van der Waals surface area contributed by atoms with Crippen molar-refractivity contribution in [2.24, 2.45) is 0 Å². The normalized spacial score (nSPS) is 11.6. The summed E-state index contributed by atoms with van der Waals surface area (Å²) in [6.07, 6.45) is 0. The van der Waals surface area contributed by atoms with Gasteiger partial charge in [-0.3, -0.25) is 4.57 Å². The van der Waals surface area contributed by atoms with E-state index >= 15 is 0 Å². The van der Waals surface area contributed by atoms with E-state index in [-0.39, 0.29) is 0 Å². The summed E-state index contributed by atoms with van der Waals surface area (Å²) in [6, 6.07) is 60.9. The van der Waals surface area contributed by atoms with Crippen LogP contribution in [0, 0.1) is 0 Å². The van der Waals surface area contributed by atoms with Gasteiger partial charge in [-0.15, -0.1) is 0 Å². The predicted octanol–water partition coefficient (Wildman–Crippen LogP) is 11.5. The minimum absolute atomic E-state index is 0.935. The fourth-order valence-corrected chi connectivity index (χ4v) is 7.02. The second kappa shape index (κ2) is 10.3. The molecule has 0 saturated carbocycles. The largest absolute Gasteiger partial charge is 0.292 e. The number of aromatic nitrogens is 2. The van der Waals surface area contributed by atoms with Gasteiger partial charge in [-0.2, -0.15) is 0 Å². The summed E-state index contributed by atoms with van der Waals surface area (Å²) >= 11 is 0. The molecule has 0 amide bonds. The quantitative estimate of drug-likeness (QED) is 0.192. The molecule has 0 fully saturated rings. The lowest BCUT2D eigenvalue weighted by Gasteiger charge is -2.20. The Morgan fingerprint density at radius 3 is 1.69 bits per heavy atom. The molecule has 1 heterocycles. The lowest BCUT2D eigenvalue weighted by atomic mass is 9.84. The number of rotatable bonds is 4. The van der Waals surface area contributed by atoms with Gasteiger partial charge in [0, 0.05) is 11.3 Å². The molecule has 0 bridgehead atoms. The maximum atomic E-state index is 5.26. The molecule has 0 saturated heterocycles. The van der Waals surface area contributed by atoms with Crippen LogP contribution in [0.5, 0.6) is 0 Å². The van der Waals surface area contributed by atoms with E-state index in [0.717, 1.165) is 28.1 Å². The van der Waals surface area contributed by atoms with Crippen molar-refractivity contribution in [2.45, 2.75) is 0 Å². The second-order valence-electron chi connectivity index (χ2n) is 11.5. The summed E-state index contributed by atoms with van der Waals surface area (Å²) in [4.78, 5) is 5.26. The van der Waals surface area contributed by atoms with E-state index < -0.39 is 0 Å². The molecule has 2 nitrogen and oxygen atoms in total. The first-order valence-corrected chi connectivity index (χ1v) is 15.4. The standard InChI is InChI=1S/C43H28N2/c1-2-16-32(17-3-1)45-40-25-13-12-24-39(40)44-43(45)38-23-11-10-22-37(38)42-35-20-8-6-18-33(35)41(34-19-7-9-21-36(34)42)31-27-26-29-14-4-5-15-30(29)28-31/h1-28H. The van der Waals surface area contributed by atoms with E-state index in [9.17, 15) is 0 Å². The highest BCUT2D eigenvalue weighted by Crippen LogP contribution is 2.46. The molecule has 45 heavy (non-hydrogen) atoms. The number of fused-ring (bicyclic) bond motifs is 4. The van der Waals surface area contributed by atoms with Crippen molar-refractivity contribution in [1.82, 2.24) is 9.55 Å². The monoisotopic (exact) mass is 572 g/mol. The molecule has 0 aliphatic carbocycles. The van der Waals surface area contributed by atoms with Crippen molar-refractivity contribution in [2.75, 3.05) is 0 Å². The fraction of sp³-hybridized carbons (Fsp3) is 0. The smallest absolute Gasteiger partial charge is 0.146 e. The van der Waals surface area contributed by atoms with E-state index in [1.54, 1.807) is 0 Å². The Morgan fingerprint density at radius 1 is 0.400 bits per heavy atom. The molecule has 8 aromatic carbocycles. The van der Waals surface area contributed by atoms with Gasteiger partial charge in [0.2, 0.25) is 0 Å². The number of imidazole rings is 1. The maximum Gasteiger partial charge on any atom is 0.146 e. The van der Waals surface area contributed by atoms with Gasteiger partial charge in [0.05, 0.1) is 11.0 Å². The van der Waals surface area contributed by atoms with Crippen LogP contribution >= 0.6 is 0 Å². The van der Waals surface area contributed by atoms with Gasteiger partial charge in [-0.05, 0) is 84.9 Å². The van der Waals surface area contributed by atoms with E-state index in [0.29, 0.717) is 0 Å². The molecule has 0 atom stereocenters. The average Bonchev–Trinajstić information content (AvgIpc) is 3.50. The van der Waals surface area contributed by atoms with Crippen LogP contribution in [-0.2, 0) is 0 Å². The molecular formula is C43H28N2. The predicted molar refractivity (Wildman–Crippen MR) is 190 cm³/mol. The van der Waals surface area contributed by atoms with Crippen molar-refractivity contribution in [3.05, 3.63) is 170 Å². The van der Waals surface area contributed by atoms with Gasteiger partial charge in [-0.1, -0.05) is 140 Å². The van der Waals surface area contributed by atoms with Crippen molar-refractivity contribution >= 4 is 43.4 Å². The molecule has 2 heteroatoms. The molecule has 1 aromatic heterocycles. The van der Waals surface area contributed by atoms with Gasteiger partial charge in [-0.25, -0.2) is 4.98 Å². The summed E-state index contributed by atoms with van der Waals surface area (Å²) in [7, 11) is 0. The molecule has 0 spiro atoms. The summed E-state index contributed by atoms with van der Waals surface area (Å²) in [5, 5.41) is 7.45. The highest BCUT2D eigenvalue weighted by Gasteiger charge is 2.22. The first-order valence-electron chi connectivity index (χ1n) is 15.4. The van der Waals surface area contributed by atoms with Crippen molar-refractivity contribution in [1.29, 1.82) is 0 Å². The first kappa shape index (κ1) is 25.5. The van der Waals surface area contributed by atoms with Crippen LogP contribution < -0.4 is 0 Å². The van der Waals surface area contributed by atoms with Gasteiger partial charge < -0.3 is 0 Å². The number of para-hydroxylation sites is 3. The second-order valence-corrected chi connectivity index (χ2v) is 11.5.